The molecule has 0 aliphatic heterocycles. The van der Waals surface area contributed by atoms with Gasteiger partial charge in [-0.3, -0.25) is 9.59 Å². The average Bonchev–Trinajstić information content (AvgIpc) is 2.60. The van der Waals surface area contributed by atoms with Crippen molar-refractivity contribution in [2.75, 3.05) is 20.7 Å². The van der Waals surface area contributed by atoms with E-state index in [0.29, 0.717) is 12.1 Å². The van der Waals surface area contributed by atoms with E-state index in [-0.39, 0.29) is 11.6 Å². The molecule has 0 atom stereocenters. The molecule has 25 heavy (non-hydrogen) atoms. The fourth-order valence-corrected chi connectivity index (χ4v) is 2.01. The molecule has 1 aromatic carbocycles. The third-order valence-corrected chi connectivity index (χ3v) is 3.60. The molecule has 0 N–H and O–H groups in total. The van der Waals surface area contributed by atoms with Gasteiger partial charge in [0.2, 0.25) is 5.91 Å². The number of hydrogen-bond donors (Lipinski definition) is 0. The first-order chi connectivity index (χ1) is 11.8. The monoisotopic (exact) mass is 344 g/mol. The van der Waals surface area contributed by atoms with Gasteiger partial charge in [-0.05, 0) is 37.5 Å². The summed E-state index contributed by atoms with van der Waals surface area (Å²) in [4.78, 5) is 39.9. The van der Waals surface area contributed by atoms with Gasteiger partial charge < -0.3 is 9.64 Å². The van der Waals surface area contributed by atoms with Gasteiger partial charge in [0.1, 0.15) is 5.71 Å². The van der Waals surface area contributed by atoms with E-state index >= 15 is 0 Å². The van der Waals surface area contributed by atoms with E-state index < -0.39 is 11.9 Å². The van der Waals surface area contributed by atoms with Gasteiger partial charge in [0.25, 0.3) is 5.91 Å². The predicted octanol–water partition coefficient (Wildman–Crippen LogP) is 2.73. The molecule has 0 radical (unpaired) electrons. The van der Waals surface area contributed by atoms with Gasteiger partial charge >= 0.3 is 5.97 Å². The number of benzene rings is 1. The van der Waals surface area contributed by atoms with Crippen molar-refractivity contribution in [3.8, 4) is 0 Å². The van der Waals surface area contributed by atoms with Gasteiger partial charge in [0.15, 0.2) is 0 Å². The summed E-state index contributed by atoms with van der Waals surface area (Å²) in [5, 5.41) is 0. The number of aliphatic imine (C=N–C) groups is 1. The second-order valence-corrected chi connectivity index (χ2v) is 5.60. The lowest BCUT2D eigenvalue weighted by molar-refractivity contribution is -0.132. The summed E-state index contributed by atoms with van der Waals surface area (Å²) in [6.45, 7) is 3.69. The van der Waals surface area contributed by atoms with Gasteiger partial charge in [0.05, 0.1) is 7.11 Å². The van der Waals surface area contributed by atoms with Crippen molar-refractivity contribution in [2.24, 2.45) is 4.99 Å². The second kappa shape index (κ2) is 10.2. The maximum atomic E-state index is 12.1. The Morgan fingerprint density at radius 3 is 2.60 bits per heavy atom. The summed E-state index contributed by atoms with van der Waals surface area (Å²) in [7, 11) is 3.02. The lowest BCUT2D eigenvalue weighted by Gasteiger charge is -2.13. The Labute approximate surface area is 148 Å². The van der Waals surface area contributed by atoms with Crippen molar-refractivity contribution in [3.05, 3.63) is 41.5 Å². The van der Waals surface area contributed by atoms with Crippen LogP contribution in [0, 0.1) is 0 Å². The summed E-state index contributed by atoms with van der Waals surface area (Å²) in [6.07, 6.45) is 5.62. The van der Waals surface area contributed by atoms with Crippen LogP contribution >= 0.6 is 0 Å². The van der Waals surface area contributed by atoms with E-state index in [4.69, 9.17) is 0 Å². The van der Waals surface area contributed by atoms with Crippen LogP contribution in [-0.4, -0.2) is 49.1 Å². The second-order valence-electron chi connectivity index (χ2n) is 5.60. The molecule has 0 bridgehead atoms. The third kappa shape index (κ3) is 7.12. The Morgan fingerprint density at radius 2 is 1.96 bits per heavy atom. The Kier molecular flexibility index (Phi) is 8.26. The molecule has 0 heterocycles. The predicted molar refractivity (Wildman–Crippen MR) is 97.5 cm³/mol. The lowest BCUT2D eigenvalue weighted by Crippen LogP contribution is -2.24. The Hall–Kier alpha value is -2.76. The molecule has 134 valence electrons. The van der Waals surface area contributed by atoms with Crippen LogP contribution < -0.4 is 0 Å². The SMILES string of the molecule is COC(=O)/C(C)=N/C(=O)c1cccc(/C=C\CCCN(C)C(C)=O)c1. The largest absolute Gasteiger partial charge is 0.465 e. The fraction of sp³-hybridized carbons (Fsp3) is 0.368. The molecule has 0 spiro atoms. The van der Waals surface area contributed by atoms with Crippen LogP contribution in [0.4, 0.5) is 0 Å². The Morgan fingerprint density at radius 1 is 1.24 bits per heavy atom. The molecule has 2 amide bonds. The number of rotatable bonds is 7. The van der Waals surface area contributed by atoms with Crippen molar-refractivity contribution in [1.82, 2.24) is 4.90 Å². The van der Waals surface area contributed by atoms with E-state index in [2.05, 4.69) is 9.73 Å². The van der Waals surface area contributed by atoms with Gasteiger partial charge in [-0.2, -0.15) is 0 Å². The maximum Gasteiger partial charge on any atom is 0.352 e. The molecule has 6 heteroatoms. The number of allylic oxidation sites excluding steroid dienone is 1. The summed E-state index contributed by atoms with van der Waals surface area (Å²) < 4.78 is 4.52. The zero-order valence-electron chi connectivity index (χ0n) is 15.1. The first-order valence-corrected chi connectivity index (χ1v) is 8.01. The summed E-state index contributed by atoms with van der Waals surface area (Å²) in [5.74, 6) is -1.06. The standard InChI is InChI=1S/C19H24N2O4/c1-14(19(24)25-4)20-18(23)17-11-8-10-16(13-17)9-6-5-7-12-21(3)15(2)22/h6,8-11,13H,5,7,12H2,1-4H3/b9-6-,20-14+. The van der Waals surface area contributed by atoms with Crippen LogP contribution in [0.2, 0.25) is 0 Å². The number of methoxy groups -OCH3 is 1. The highest BCUT2D eigenvalue weighted by molar-refractivity contribution is 6.37. The average molecular weight is 344 g/mol. The number of amides is 2. The zero-order chi connectivity index (χ0) is 18.8. The molecule has 6 nitrogen and oxygen atoms in total. The van der Waals surface area contributed by atoms with Crippen LogP contribution in [0.5, 0.6) is 0 Å². The number of unbranched alkanes of at least 4 members (excludes halogenated alkanes) is 1. The van der Waals surface area contributed by atoms with E-state index in [1.54, 1.807) is 37.1 Å². The summed E-state index contributed by atoms with van der Waals surface area (Å²) >= 11 is 0. The minimum atomic E-state index is -0.625. The highest BCUT2D eigenvalue weighted by Crippen LogP contribution is 2.10. The minimum absolute atomic E-state index is 0.0167. The number of ether oxygens (including phenoxy) is 1. The lowest BCUT2D eigenvalue weighted by atomic mass is 10.1. The molecule has 1 aromatic rings. The number of esters is 1. The highest BCUT2D eigenvalue weighted by atomic mass is 16.5. The molecular formula is C19H24N2O4. The maximum absolute atomic E-state index is 12.1. The van der Waals surface area contributed by atoms with E-state index in [1.165, 1.54) is 14.0 Å². The van der Waals surface area contributed by atoms with Crippen molar-refractivity contribution in [2.45, 2.75) is 26.7 Å². The van der Waals surface area contributed by atoms with Crippen LogP contribution in [0.25, 0.3) is 6.08 Å². The molecule has 0 aromatic heterocycles. The summed E-state index contributed by atoms with van der Waals surface area (Å²) in [6, 6.07) is 7.01. The van der Waals surface area contributed by atoms with Crippen LogP contribution in [-0.2, 0) is 14.3 Å². The first-order valence-electron chi connectivity index (χ1n) is 8.01. The van der Waals surface area contributed by atoms with Gasteiger partial charge in [-0.1, -0.05) is 24.3 Å². The van der Waals surface area contributed by atoms with Gasteiger partial charge in [-0.15, -0.1) is 0 Å². The first kappa shape index (κ1) is 20.3. The molecule has 0 unspecified atom stereocenters. The Balaban J connectivity index is 2.66. The van der Waals surface area contributed by atoms with E-state index in [9.17, 15) is 14.4 Å². The van der Waals surface area contributed by atoms with Crippen molar-refractivity contribution >= 4 is 29.6 Å². The topological polar surface area (TPSA) is 76.0 Å². The number of carbonyl (C=O) groups is 3. The zero-order valence-corrected chi connectivity index (χ0v) is 15.1. The van der Waals surface area contributed by atoms with Crippen molar-refractivity contribution in [3.63, 3.8) is 0 Å². The summed E-state index contributed by atoms with van der Waals surface area (Å²) in [5.41, 5.74) is 1.29. The number of nitrogens with zero attached hydrogens (tertiary/aromatic N) is 2. The normalized spacial score (nSPS) is 11.4. The molecule has 0 saturated carbocycles. The molecule has 1 rings (SSSR count). The minimum Gasteiger partial charge on any atom is -0.465 e. The molecule has 0 aliphatic rings. The molecule has 0 fully saturated rings. The Bertz CT molecular complexity index is 692. The molecule has 0 saturated heterocycles. The van der Waals surface area contributed by atoms with Gasteiger partial charge in [-0.25, -0.2) is 9.79 Å². The van der Waals surface area contributed by atoms with E-state index in [0.717, 1.165) is 18.4 Å². The van der Waals surface area contributed by atoms with Crippen LogP contribution in [0.1, 0.15) is 42.6 Å². The van der Waals surface area contributed by atoms with Crippen LogP contribution in [0.15, 0.2) is 35.3 Å². The number of hydrogen-bond acceptors (Lipinski definition) is 4. The fourth-order valence-electron chi connectivity index (χ4n) is 2.01. The third-order valence-electron chi connectivity index (χ3n) is 3.60. The molecular weight excluding hydrogens is 320 g/mol. The smallest absolute Gasteiger partial charge is 0.352 e. The van der Waals surface area contributed by atoms with Gasteiger partial charge in [0, 0.05) is 26.1 Å². The van der Waals surface area contributed by atoms with Crippen molar-refractivity contribution in [1.29, 1.82) is 0 Å². The highest BCUT2D eigenvalue weighted by Gasteiger charge is 2.10. The molecule has 0 aliphatic carbocycles. The number of carbonyl (C=O) groups excluding carboxylic acids is 3. The van der Waals surface area contributed by atoms with E-state index in [1.807, 2.05) is 18.2 Å². The van der Waals surface area contributed by atoms with Crippen molar-refractivity contribution < 1.29 is 19.1 Å². The van der Waals surface area contributed by atoms with Crippen LogP contribution in [0.3, 0.4) is 0 Å². The quantitative estimate of drug-likeness (QED) is 0.433.